The van der Waals surface area contributed by atoms with E-state index in [2.05, 4.69) is 0 Å². The third kappa shape index (κ3) is 5.71. The van der Waals surface area contributed by atoms with Crippen molar-refractivity contribution in [3.63, 3.8) is 0 Å². The molecule has 4 heterocycles. The Kier molecular flexibility index (Phi) is 7.79. The van der Waals surface area contributed by atoms with E-state index in [1.165, 1.54) is 0 Å². The summed E-state index contributed by atoms with van der Waals surface area (Å²) in [5, 5.41) is 0.884. The zero-order valence-electron chi connectivity index (χ0n) is 24.7. The minimum absolute atomic E-state index is 0.194. The Hall–Kier alpha value is -2.84. The maximum Gasteiger partial charge on any atom is 0.475 e. The molecule has 0 aromatic heterocycles. The number of phosphoric ester groups is 2. The maximum atomic E-state index is 14.0. The fraction of sp³-hybridized carbons (Fsp3) is 0.226. The molecule has 1 spiro atoms. The highest BCUT2D eigenvalue weighted by Gasteiger charge is 2.52. The van der Waals surface area contributed by atoms with Crippen LogP contribution in [0.2, 0.25) is 0 Å². The lowest BCUT2D eigenvalue weighted by Crippen LogP contribution is -2.45. The Labute approximate surface area is 270 Å². The first-order valence-electron chi connectivity index (χ1n) is 14.6. The number of para-hydroxylation sites is 2. The van der Waals surface area contributed by atoms with Crippen LogP contribution in [0.15, 0.2) is 97.1 Å². The molecule has 2 atom stereocenters. The van der Waals surface area contributed by atoms with Crippen molar-refractivity contribution in [3.8, 4) is 33.8 Å². The van der Waals surface area contributed by atoms with Crippen LogP contribution in [0.3, 0.4) is 0 Å². The van der Waals surface area contributed by atoms with Gasteiger partial charge in [0.05, 0.1) is 42.5 Å². The molecule has 16 heteroatoms. The Morgan fingerprint density at radius 1 is 0.489 bits per heavy atom. The summed E-state index contributed by atoms with van der Waals surface area (Å²) in [5.74, 6) is 0.858. The van der Waals surface area contributed by atoms with Gasteiger partial charge >= 0.3 is 30.4 Å². The first kappa shape index (κ1) is 31.4. The summed E-state index contributed by atoms with van der Waals surface area (Å²) in [4.78, 5) is 0. The molecule has 4 aromatic carbocycles. The first-order valence-corrected chi connectivity index (χ1v) is 21.2. The fourth-order valence-corrected chi connectivity index (χ4v) is 13.6. The SMILES string of the molecule is O=P1(OCP2(=O)Oc3ccccc3-c3ccccc32)OCC2(CO1)COP(=O)(OCP1(=O)Oc3ccccc3-c3ccccc31)OC2. The normalized spacial score (nSPS) is 32.2. The van der Waals surface area contributed by atoms with Gasteiger partial charge in [0.1, 0.15) is 24.2 Å². The number of rotatable bonds is 6. The zero-order chi connectivity index (χ0) is 32.3. The van der Waals surface area contributed by atoms with E-state index in [0.717, 1.165) is 22.3 Å². The number of hydrogen-bond donors (Lipinski definition) is 0. The van der Waals surface area contributed by atoms with Gasteiger partial charge in [0, 0.05) is 11.1 Å². The van der Waals surface area contributed by atoms with Gasteiger partial charge in [-0.2, -0.15) is 0 Å². The number of hydrogen-bond acceptors (Lipinski definition) is 12. The molecule has 0 bridgehead atoms. The molecular weight excluding hydrogens is 688 g/mol. The number of fused-ring (bicyclic) bond motifs is 6. The van der Waals surface area contributed by atoms with Gasteiger partial charge < -0.3 is 9.05 Å². The predicted octanol–water partition coefficient (Wildman–Crippen LogP) is 7.56. The van der Waals surface area contributed by atoms with Crippen molar-refractivity contribution in [2.75, 3.05) is 39.1 Å². The molecule has 0 saturated carbocycles. The second-order valence-electron chi connectivity index (χ2n) is 11.6. The monoisotopic (exact) mass is 716 g/mol. The molecule has 0 N–H and O–H groups in total. The van der Waals surface area contributed by atoms with E-state index in [-0.39, 0.29) is 26.4 Å². The van der Waals surface area contributed by atoms with E-state index < -0.39 is 48.5 Å². The van der Waals surface area contributed by atoms with Crippen LogP contribution >= 0.6 is 30.4 Å². The fourth-order valence-electron chi connectivity index (χ4n) is 5.77. The van der Waals surface area contributed by atoms with Crippen LogP contribution in [0, 0.1) is 5.41 Å². The molecule has 244 valence electrons. The summed E-state index contributed by atoms with van der Waals surface area (Å²) in [6, 6.07) is 28.6. The van der Waals surface area contributed by atoms with Gasteiger partial charge in [0.2, 0.25) is 0 Å². The lowest BCUT2D eigenvalue weighted by atomic mass is 9.93. The smallest absolute Gasteiger partial charge is 0.438 e. The molecule has 0 radical (unpaired) electrons. The molecule has 8 rings (SSSR count). The van der Waals surface area contributed by atoms with Crippen LogP contribution < -0.4 is 19.7 Å². The van der Waals surface area contributed by atoms with Crippen molar-refractivity contribution >= 4 is 41.0 Å². The van der Waals surface area contributed by atoms with Gasteiger partial charge in [-0.15, -0.1) is 0 Å². The highest BCUT2D eigenvalue weighted by molar-refractivity contribution is 7.68. The Bertz CT molecular complexity index is 1910. The van der Waals surface area contributed by atoms with Gasteiger partial charge in [-0.25, -0.2) is 9.13 Å². The molecular formula is C31H28O12P4. The minimum Gasteiger partial charge on any atom is -0.438 e. The third-order valence-corrected chi connectivity index (χ3v) is 15.5. The van der Waals surface area contributed by atoms with Crippen LogP contribution in [-0.4, -0.2) is 39.1 Å². The highest BCUT2D eigenvalue weighted by atomic mass is 31.2. The van der Waals surface area contributed by atoms with Crippen LogP contribution in [0.25, 0.3) is 22.3 Å². The highest BCUT2D eigenvalue weighted by Crippen LogP contribution is 2.64. The quantitative estimate of drug-likeness (QED) is 0.182. The Balaban J connectivity index is 0.895. The lowest BCUT2D eigenvalue weighted by Gasteiger charge is -2.42. The second kappa shape index (κ2) is 11.6. The van der Waals surface area contributed by atoms with Gasteiger partial charge in [-0.1, -0.05) is 72.8 Å². The molecule has 4 aliphatic heterocycles. The van der Waals surface area contributed by atoms with Crippen LogP contribution in [0.1, 0.15) is 0 Å². The molecule has 2 saturated heterocycles. The average Bonchev–Trinajstić information content (AvgIpc) is 3.10. The average molecular weight is 716 g/mol. The first-order chi connectivity index (χ1) is 22.6. The van der Waals surface area contributed by atoms with Crippen molar-refractivity contribution < 1.29 is 54.5 Å². The van der Waals surface area contributed by atoms with Crippen molar-refractivity contribution in [1.82, 2.24) is 0 Å². The van der Waals surface area contributed by atoms with Crippen LogP contribution in [-0.2, 0) is 45.4 Å². The summed E-state index contributed by atoms with van der Waals surface area (Å²) in [6.07, 6.45) is -1.09. The van der Waals surface area contributed by atoms with Crippen molar-refractivity contribution in [2.45, 2.75) is 0 Å². The van der Waals surface area contributed by atoms with Gasteiger partial charge in [-0.3, -0.25) is 36.3 Å². The van der Waals surface area contributed by atoms with E-state index in [1.807, 2.05) is 48.5 Å². The number of phosphoric acid groups is 2. The van der Waals surface area contributed by atoms with Crippen LogP contribution in [0.5, 0.6) is 11.5 Å². The van der Waals surface area contributed by atoms with Crippen LogP contribution in [0.4, 0.5) is 0 Å². The molecule has 2 fully saturated rings. The van der Waals surface area contributed by atoms with Gasteiger partial charge in [0.15, 0.2) is 0 Å². The molecule has 4 aliphatic rings. The topological polar surface area (TPSA) is 142 Å². The molecule has 0 aliphatic carbocycles. The molecule has 12 nitrogen and oxygen atoms in total. The summed E-state index contributed by atoms with van der Waals surface area (Å²) < 4.78 is 99.9. The predicted molar refractivity (Wildman–Crippen MR) is 173 cm³/mol. The van der Waals surface area contributed by atoms with Crippen molar-refractivity contribution in [2.24, 2.45) is 5.41 Å². The molecule has 0 amide bonds. The van der Waals surface area contributed by atoms with Gasteiger partial charge in [0.25, 0.3) is 0 Å². The molecule has 2 unspecified atom stereocenters. The Morgan fingerprint density at radius 3 is 1.23 bits per heavy atom. The standard InChI is InChI=1S/C31H28O12P4/c32-44(29-15-7-3-11-25(29)23-9-1-5-13-27(23)42-44)21-40-46(34)36-17-31(18-37-46)19-38-47(35,39-20-31)41-22-45(33)30-16-8-4-12-26(30)24-10-2-6-14-28(24)43-45/h1-16H,17-22H2. The summed E-state index contributed by atoms with van der Waals surface area (Å²) in [5.41, 5.74) is 2.08. The maximum absolute atomic E-state index is 14.0. The third-order valence-electron chi connectivity index (χ3n) is 8.28. The Morgan fingerprint density at radius 2 is 0.830 bits per heavy atom. The lowest BCUT2D eigenvalue weighted by molar-refractivity contribution is -0.0932. The van der Waals surface area contributed by atoms with Gasteiger partial charge in [-0.05, 0) is 35.4 Å². The van der Waals surface area contributed by atoms with E-state index in [4.69, 9.17) is 36.2 Å². The van der Waals surface area contributed by atoms with E-state index in [0.29, 0.717) is 22.1 Å². The van der Waals surface area contributed by atoms with E-state index in [9.17, 15) is 18.3 Å². The van der Waals surface area contributed by atoms with E-state index >= 15 is 0 Å². The minimum atomic E-state index is -4.16. The second-order valence-corrected chi connectivity index (χ2v) is 19.4. The molecule has 4 aromatic rings. The number of benzene rings is 4. The summed E-state index contributed by atoms with van der Waals surface area (Å²) >= 11 is 0. The van der Waals surface area contributed by atoms with E-state index in [1.54, 1.807) is 48.5 Å². The largest absolute Gasteiger partial charge is 0.475 e. The summed E-state index contributed by atoms with van der Waals surface area (Å²) in [6.45, 7) is -0.775. The van der Waals surface area contributed by atoms with Crippen molar-refractivity contribution in [3.05, 3.63) is 97.1 Å². The van der Waals surface area contributed by atoms with Crippen molar-refractivity contribution in [1.29, 1.82) is 0 Å². The zero-order valence-corrected chi connectivity index (χ0v) is 28.2. The molecule has 47 heavy (non-hydrogen) atoms. The summed E-state index contributed by atoms with van der Waals surface area (Å²) in [7, 11) is -15.6.